The molecule has 3 fully saturated rings. The molecule has 5 atom stereocenters. The van der Waals surface area contributed by atoms with Crippen molar-refractivity contribution in [2.45, 2.75) is 82.3 Å². The van der Waals surface area contributed by atoms with Crippen molar-refractivity contribution in [3.63, 3.8) is 0 Å². The summed E-state index contributed by atoms with van der Waals surface area (Å²) in [6.07, 6.45) is 10.6. The molecule has 1 nitrogen and oxygen atoms in total. The first-order valence-electron chi connectivity index (χ1n) is 11.5. The van der Waals surface area contributed by atoms with Crippen molar-refractivity contribution >= 4 is 0 Å². The highest BCUT2D eigenvalue weighted by Crippen LogP contribution is 2.53. The maximum absolute atomic E-state index is 6.50. The molecule has 1 heteroatoms. The van der Waals surface area contributed by atoms with E-state index in [1.807, 2.05) is 0 Å². The fourth-order valence-electron chi connectivity index (χ4n) is 7.08. The molecule has 1 heterocycles. The summed E-state index contributed by atoms with van der Waals surface area (Å²) >= 11 is 0. The fourth-order valence-corrected chi connectivity index (χ4v) is 7.08. The van der Waals surface area contributed by atoms with Crippen LogP contribution >= 0.6 is 0 Å². The van der Waals surface area contributed by atoms with Gasteiger partial charge in [0.1, 0.15) is 0 Å². The van der Waals surface area contributed by atoms with Crippen molar-refractivity contribution in [2.75, 3.05) is 0 Å². The van der Waals surface area contributed by atoms with Crippen LogP contribution in [0.1, 0.15) is 81.4 Å². The molecule has 0 amide bonds. The molecule has 1 saturated heterocycles. The summed E-state index contributed by atoms with van der Waals surface area (Å²) < 4.78 is 6.50. The van der Waals surface area contributed by atoms with Crippen LogP contribution in [-0.4, -0.2) is 12.2 Å². The van der Waals surface area contributed by atoms with Crippen LogP contribution in [0, 0.1) is 11.8 Å². The Kier molecular flexibility index (Phi) is 3.82. The first kappa shape index (κ1) is 17.3. The number of fused-ring (bicyclic) bond motifs is 6. The predicted molar refractivity (Wildman–Crippen MR) is 115 cm³/mol. The summed E-state index contributed by atoms with van der Waals surface area (Å²) in [4.78, 5) is 0. The van der Waals surface area contributed by atoms with Crippen LogP contribution < -0.4 is 0 Å². The van der Waals surface area contributed by atoms with Crippen molar-refractivity contribution in [3.05, 3.63) is 59.2 Å². The summed E-state index contributed by atoms with van der Waals surface area (Å²) in [7, 11) is 0. The Morgan fingerprint density at radius 1 is 0.786 bits per heavy atom. The molecule has 3 aliphatic carbocycles. The van der Waals surface area contributed by atoms with E-state index >= 15 is 0 Å². The first-order chi connectivity index (χ1) is 13.6. The second-order valence-electron chi connectivity index (χ2n) is 10.3. The van der Waals surface area contributed by atoms with Gasteiger partial charge in [-0.1, -0.05) is 69.2 Å². The fraction of sp³-hybridized carbons (Fsp3) is 0.556. The van der Waals surface area contributed by atoms with Gasteiger partial charge in [-0.15, -0.1) is 0 Å². The third-order valence-electron chi connectivity index (χ3n) is 8.57. The third-order valence-corrected chi connectivity index (χ3v) is 8.57. The van der Waals surface area contributed by atoms with Gasteiger partial charge in [0.25, 0.3) is 0 Å². The lowest BCUT2D eigenvalue weighted by Crippen LogP contribution is -2.29. The van der Waals surface area contributed by atoms with E-state index < -0.39 is 0 Å². The highest BCUT2D eigenvalue weighted by atomic mass is 16.5. The van der Waals surface area contributed by atoms with Crippen LogP contribution in [0.25, 0.3) is 11.1 Å². The lowest BCUT2D eigenvalue weighted by Gasteiger charge is -2.35. The quantitative estimate of drug-likeness (QED) is 0.533. The van der Waals surface area contributed by atoms with Crippen LogP contribution in [0.2, 0.25) is 0 Å². The summed E-state index contributed by atoms with van der Waals surface area (Å²) in [6, 6.07) is 16.4. The minimum absolute atomic E-state index is 0.115. The summed E-state index contributed by atoms with van der Waals surface area (Å²) in [5.74, 6) is 2.37. The summed E-state index contributed by atoms with van der Waals surface area (Å²) in [6.45, 7) is 4.80. The Labute approximate surface area is 169 Å². The van der Waals surface area contributed by atoms with Gasteiger partial charge in [-0.2, -0.15) is 0 Å². The van der Waals surface area contributed by atoms with E-state index in [-0.39, 0.29) is 5.41 Å². The Bertz CT molecular complexity index is 910. The lowest BCUT2D eigenvalue weighted by atomic mass is 9.68. The van der Waals surface area contributed by atoms with E-state index in [1.54, 1.807) is 5.56 Å². The maximum Gasteiger partial charge on any atom is 0.0611 e. The van der Waals surface area contributed by atoms with Gasteiger partial charge in [0, 0.05) is 5.41 Å². The average molecular weight is 373 g/mol. The Balaban J connectivity index is 1.32. The van der Waals surface area contributed by atoms with Gasteiger partial charge < -0.3 is 4.74 Å². The molecule has 2 aromatic carbocycles. The highest BCUT2D eigenvalue weighted by molar-refractivity contribution is 5.80. The van der Waals surface area contributed by atoms with Gasteiger partial charge in [0.2, 0.25) is 0 Å². The number of rotatable bonds is 1. The van der Waals surface area contributed by atoms with Gasteiger partial charge in [0.15, 0.2) is 0 Å². The smallest absolute Gasteiger partial charge is 0.0611 e. The first-order valence-corrected chi connectivity index (χ1v) is 11.5. The molecule has 1 aliphatic heterocycles. The molecular weight excluding hydrogens is 340 g/mol. The number of ether oxygens (including phenoxy) is 1. The van der Waals surface area contributed by atoms with Crippen LogP contribution in [0.3, 0.4) is 0 Å². The normalized spacial score (nSPS) is 35.0. The summed E-state index contributed by atoms with van der Waals surface area (Å²) in [5.41, 5.74) is 7.61. The zero-order valence-electron chi connectivity index (χ0n) is 17.3. The molecule has 2 saturated carbocycles. The van der Waals surface area contributed by atoms with Crippen molar-refractivity contribution in [3.8, 4) is 11.1 Å². The van der Waals surface area contributed by atoms with Crippen molar-refractivity contribution < 1.29 is 4.74 Å². The Morgan fingerprint density at radius 2 is 1.57 bits per heavy atom. The third kappa shape index (κ3) is 2.41. The zero-order valence-corrected chi connectivity index (χ0v) is 17.3. The molecule has 146 valence electrons. The SMILES string of the molecule is CC1(C)c2ccccc2-c2ccc(C3CCC4OC5CCCCC5C4C3)cc21. The van der Waals surface area contributed by atoms with Crippen LogP contribution in [0.15, 0.2) is 42.5 Å². The van der Waals surface area contributed by atoms with Crippen molar-refractivity contribution in [1.29, 1.82) is 0 Å². The monoisotopic (exact) mass is 372 g/mol. The highest BCUT2D eigenvalue weighted by Gasteiger charge is 2.47. The molecule has 0 spiro atoms. The largest absolute Gasteiger partial charge is 0.374 e. The second kappa shape index (κ2) is 6.20. The van der Waals surface area contributed by atoms with E-state index in [1.165, 1.54) is 67.2 Å². The number of hydrogen-bond donors (Lipinski definition) is 0. The molecule has 0 radical (unpaired) electrons. The predicted octanol–water partition coefficient (Wildman–Crippen LogP) is 6.83. The molecule has 0 N–H and O–H groups in total. The van der Waals surface area contributed by atoms with Crippen LogP contribution in [-0.2, 0) is 10.2 Å². The topological polar surface area (TPSA) is 9.23 Å². The molecule has 4 aliphatic rings. The van der Waals surface area contributed by atoms with Gasteiger partial charge in [-0.3, -0.25) is 0 Å². The zero-order chi connectivity index (χ0) is 18.9. The van der Waals surface area contributed by atoms with Gasteiger partial charge in [-0.25, -0.2) is 0 Å². The lowest BCUT2D eigenvalue weighted by molar-refractivity contribution is 0.00422. The van der Waals surface area contributed by atoms with E-state index in [0.29, 0.717) is 12.2 Å². The molecule has 6 rings (SSSR count). The van der Waals surface area contributed by atoms with E-state index in [4.69, 9.17) is 4.74 Å². The van der Waals surface area contributed by atoms with Gasteiger partial charge in [-0.05, 0) is 77.7 Å². The molecule has 0 aromatic heterocycles. The standard InChI is InChI=1S/C27H32O/c1-27(2)23-9-5-3-7-19(23)20-13-11-18(16-24(20)27)17-12-14-26-22(15-17)21-8-4-6-10-25(21)28-26/h3,5,7,9,11,13,16-17,21-22,25-26H,4,6,8,10,12,14-15H2,1-2H3. The minimum Gasteiger partial charge on any atom is -0.374 e. The maximum atomic E-state index is 6.50. The molecule has 2 aromatic rings. The summed E-state index contributed by atoms with van der Waals surface area (Å²) in [5, 5.41) is 0. The van der Waals surface area contributed by atoms with Gasteiger partial charge in [0.05, 0.1) is 12.2 Å². The van der Waals surface area contributed by atoms with E-state index in [9.17, 15) is 0 Å². The number of hydrogen-bond acceptors (Lipinski definition) is 1. The average Bonchev–Trinajstić information content (AvgIpc) is 3.21. The van der Waals surface area contributed by atoms with Crippen molar-refractivity contribution in [2.24, 2.45) is 11.8 Å². The minimum atomic E-state index is 0.115. The molecule has 28 heavy (non-hydrogen) atoms. The van der Waals surface area contributed by atoms with Gasteiger partial charge >= 0.3 is 0 Å². The van der Waals surface area contributed by atoms with Crippen molar-refractivity contribution in [1.82, 2.24) is 0 Å². The number of benzene rings is 2. The second-order valence-corrected chi connectivity index (χ2v) is 10.3. The van der Waals surface area contributed by atoms with Crippen LogP contribution in [0.5, 0.6) is 0 Å². The molecular formula is C27H32O. The molecule has 5 unspecified atom stereocenters. The Morgan fingerprint density at radius 3 is 2.50 bits per heavy atom. The Hall–Kier alpha value is -1.60. The molecule has 0 bridgehead atoms. The van der Waals surface area contributed by atoms with E-state index in [0.717, 1.165) is 17.8 Å². The van der Waals surface area contributed by atoms with E-state index in [2.05, 4.69) is 56.3 Å². The van der Waals surface area contributed by atoms with Crippen LogP contribution in [0.4, 0.5) is 0 Å².